The second kappa shape index (κ2) is 3.87. The van der Waals surface area contributed by atoms with Crippen molar-refractivity contribution in [2.45, 2.75) is 52.3 Å². The standard InChI is InChI=1S/C11H27B3O/c1-8(2,3)10(12,13)11(14,15-7)9(4,5)6/h12-14H2,1-7H3. The van der Waals surface area contributed by atoms with Crippen molar-refractivity contribution in [3.63, 3.8) is 0 Å². The minimum absolute atomic E-state index is 0.104. The fourth-order valence-corrected chi connectivity index (χ4v) is 2.21. The van der Waals surface area contributed by atoms with Crippen molar-refractivity contribution in [3.8, 4) is 0 Å². The van der Waals surface area contributed by atoms with Gasteiger partial charge in [0.15, 0.2) is 0 Å². The third-order valence-electron chi connectivity index (χ3n) is 4.91. The van der Waals surface area contributed by atoms with Gasteiger partial charge in [-0.3, -0.25) is 0 Å². The lowest BCUT2D eigenvalue weighted by Crippen LogP contribution is -2.60. The molecule has 0 bridgehead atoms. The number of hydrogen-bond acceptors (Lipinski definition) is 1. The Balaban J connectivity index is 5.50. The van der Waals surface area contributed by atoms with Crippen molar-refractivity contribution >= 4 is 23.5 Å². The molecular weight excluding hydrogens is 181 g/mol. The highest BCUT2D eigenvalue weighted by molar-refractivity contribution is 6.45. The summed E-state index contributed by atoms with van der Waals surface area (Å²) >= 11 is 0. The number of methoxy groups -OCH3 is 1. The maximum Gasteiger partial charge on any atom is 0.142 e. The monoisotopic (exact) mass is 208 g/mol. The Labute approximate surface area is 99.0 Å². The molecule has 1 atom stereocenters. The van der Waals surface area contributed by atoms with Crippen molar-refractivity contribution in [1.29, 1.82) is 0 Å². The first-order valence-electron chi connectivity index (χ1n) is 5.86. The molecule has 0 aliphatic heterocycles. The molecule has 0 heterocycles. The van der Waals surface area contributed by atoms with E-state index in [9.17, 15) is 0 Å². The van der Waals surface area contributed by atoms with E-state index in [1.807, 2.05) is 7.11 Å². The van der Waals surface area contributed by atoms with Gasteiger partial charge in [-0.05, 0) is 10.8 Å². The Morgan fingerprint density at radius 2 is 1.07 bits per heavy atom. The molecular formula is C11H27B3O. The molecule has 0 saturated carbocycles. The van der Waals surface area contributed by atoms with E-state index in [4.69, 9.17) is 4.74 Å². The molecule has 0 aliphatic carbocycles. The average Bonchev–Trinajstić information content (AvgIpc) is 1.98. The van der Waals surface area contributed by atoms with Gasteiger partial charge >= 0.3 is 0 Å². The van der Waals surface area contributed by atoms with Crippen molar-refractivity contribution in [2.24, 2.45) is 10.8 Å². The minimum Gasteiger partial charge on any atom is -0.388 e. The first-order valence-corrected chi connectivity index (χ1v) is 5.86. The first-order chi connectivity index (χ1) is 6.31. The molecule has 0 aliphatic rings. The third kappa shape index (κ3) is 2.30. The highest BCUT2D eigenvalue weighted by Gasteiger charge is 2.53. The Morgan fingerprint density at radius 1 is 0.733 bits per heavy atom. The van der Waals surface area contributed by atoms with E-state index in [1.165, 1.54) is 0 Å². The fraction of sp³-hybridized carbons (Fsp3) is 1.00. The second-order valence-electron chi connectivity index (χ2n) is 7.36. The summed E-state index contributed by atoms with van der Waals surface area (Å²) in [5, 5.41) is 0.104. The van der Waals surface area contributed by atoms with Crippen LogP contribution in [0.5, 0.6) is 0 Å². The predicted molar refractivity (Wildman–Crippen MR) is 77.0 cm³/mol. The first kappa shape index (κ1) is 15.2. The zero-order chi connectivity index (χ0) is 12.7. The molecule has 0 fully saturated rings. The van der Waals surface area contributed by atoms with Gasteiger partial charge in [-0.15, -0.1) is 0 Å². The van der Waals surface area contributed by atoms with E-state index in [-0.39, 0.29) is 21.5 Å². The Morgan fingerprint density at radius 3 is 1.13 bits per heavy atom. The topological polar surface area (TPSA) is 9.23 Å². The van der Waals surface area contributed by atoms with Gasteiger partial charge in [-0.2, -0.15) is 0 Å². The van der Waals surface area contributed by atoms with Crippen molar-refractivity contribution in [2.75, 3.05) is 7.11 Å². The van der Waals surface area contributed by atoms with Gasteiger partial charge in [0.05, 0.1) is 0 Å². The molecule has 0 N–H and O–H groups in total. The van der Waals surface area contributed by atoms with Gasteiger partial charge in [0.2, 0.25) is 0 Å². The van der Waals surface area contributed by atoms with Crippen LogP contribution < -0.4 is 0 Å². The highest BCUT2D eigenvalue weighted by atomic mass is 16.5. The van der Waals surface area contributed by atoms with Gasteiger partial charge < -0.3 is 4.74 Å². The summed E-state index contributed by atoms with van der Waals surface area (Å²) in [7, 11) is 8.68. The summed E-state index contributed by atoms with van der Waals surface area (Å²) < 4.78 is 5.89. The van der Waals surface area contributed by atoms with Gasteiger partial charge in [-0.1, -0.05) is 46.8 Å². The zero-order valence-corrected chi connectivity index (χ0v) is 12.4. The molecule has 0 amide bonds. The van der Waals surface area contributed by atoms with Crippen LogP contribution in [-0.4, -0.2) is 36.1 Å². The largest absolute Gasteiger partial charge is 0.388 e. The maximum absolute atomic E-state index is 5.89. The van der Waals surface area contributed by atoms with Gasteiger partial charge in [0, 0.05) is 12.6 Å². The minimum atomic E-state index is -0.141. The average molecular weight is 208 g/mol. The summed E-state index contributed by atoms with van der Waals surface area (Å²) in [5.41, 5.74) is 0.196. The van der Waals surface area contributed by atoms with Crippen LogP contribution in [0.15, 0.2) is 0 Å². The molecule has 4 heteroatoms. The van der Waals surface area contributed by atoms with Crippen molar-refractivity contribution < 1.29 is 4.74 Å². The van der Waals surface area contributed by atoms with E-state index >= 15 is 0 Å². The Bertz CT molecular complexity index is 225. The lowest BCUT2D eigenvalue weighted by atomic mass is 9.30. The van der Waals surface area contributed by atoms with E-state index < -0.39 is 0 Å². The summed E-state index contributed by atoms with van der Waals surface area (Å²) in [6.07, 6.45) is 0. The molecule has 0 radical (unpaired) electrons. The van der Waals surface area contributed by atoms with Crippen LogP contribution in [0.25, 0.3) is 0 Å². The SMILES string of the molecule is BC(B)(C(C)(C)C)C(B)(OC)C(C)(C)C. The maximum atomic E-state index is 5.89. The van der Waals surface area contributed by atoms with Gasteiger partial charge in [-0.25, -0.2) is 0 Å². The molecule has 0 rings (SSSR count). The number of hydrogen-bond donors (Lipinski definition) is 0. The summed E-state index contributed by atoms with van der Waals surface area (Å²) in [6.45, 7) is 13.6. The Kier molecular flexibility index (Phi) is 3.91. The fourth-order valence-electron chi connectivity index (χ4n) is 2.21. The van der Waals surface area contributed by atoms with Gasteiger partial charge in [0.25, 0.3) is 0 Å². The second-order valence-corrected chi connectivity index (χ2v) is 7.36. The molecule has 0 aromatic heterocycles. The van der Waals surface area contributed by atoms with Crippen LogP contribution in [0.2, 0.25) is 5.21 Å². The molecule has 0 aromatic rings. The molecule has 0 saturated heterocycles. The van der Waals surface area contributed by atoms with Crippen LogP contribution in [0.1, 0.15) is 41.5 Å². The predicted octanol–water partition coefficient (Wildman–Crippen LogP) is 0.437. The highest BCUT2D eigenvalue weighted by Crippen LogP contribution is 2.54. The summed E-state index contributed by atoms with van der Waals surface area (Å²) in [5.74, 6) is 0. The van der Waals surface area contributed by atoms with Crippen LogP contribution in [0, 0.1) is 10.8 Å². The third-order valence-corrected chi connectivity index (χ3v) is 4.91. The number of rotatable bonds is 2. The molecule has 0 aromatic carbocycles. The van der Waals surface area contributed by atoms with E-state index in [0.717, 1.165) is 0 Å². The zero-order valence-electron chi connectivity index (χ0n) is 12.4. The van der Waals surface area contributed by atoms with E-state index in [1.54, 1.807) is 0 Å². The van der Waals surface area contributed by atoms with Crippen LogP contribution in [0.4, 0.5) is 0 Å². The van der Waals surface area contributed by atoms with Crippen LogP contribution in [0.3, 0.4) is 0 Å². The summed E-state index contributed by atoms with van der Waals surface area (Å²) in [6, 6.07) is 0. The van der Waals surface area contributed by atoms with Gasteiger partial charge in [0.1, 0.15) is 23.5 Å². The lowest BCUT2D eigenvalue weighted by molar-refractivity contribution is -0.0608. The molecule has 0 spiro atoms. The number of ether oxygens (including phenoxy) is 1. The van der Waals surface area contributed by atoms with Crippen molar-refractivity contribution in [3.05, 3.63) is 0 Å². The van der Waals surface area contributed by atoms with Crippen LogP contribution >= 0.6 is 0 Å². The van der Waals surface area contributed by atoms with Crippen molar-refractivity contribution in [1.82, 2.24) is 0 Å². The summed E-state index contributed by atoms with van der Waals surface area (Å²) in [4.78, 5) is 0. The molecule has 1 unspecified atom stereocenters. The van der Waals surface area contributed by atoms with E-state index in [2.05, 4.69) is 65.1 Å². The smallest absolute Gasteiger partial charge is 0.142 e. The molecule has 1 nitrogen and oxygen atoms in total. The normalized spacial score (nSPS) is 18.6. The quantitative estimate of drug-likeness (QED) is 0.598. The molecule has 86 valence electrons. The van der Waals surface area contributed by atoms with E-state index in [0.29, 0.717) is 0 Å². The lowest BCUT2D eigenvalue weighted by Gasteiger charge is -2.58. The van der Waals surface area contributed by atoms with Crippen LogP contribution in [-0.2, 0) is 4.74 Å². The molecule has 15 heavy (non-hydrogen) atoms. The Hall–Kier alpha value is 0.155.